The molecule has 1 aliphatic heterocycles. The number of benzene rings is 1. The molecule has 2 aromatic rings. The van der Waals surface area contributed by atoms with E-state index in [0.717, 1.165) is 60.6 Å². The van der Waals surface area contributed by atoms with Gasteiger partial charge < -0.3 is 19.7 Å². The third kappa shape index (κ3) is 3.79. The van der Waals surface area contributed by atoms with Crippen molar-refractivity contribution in [3.63, 3.8) is 0 Å². The second-order valence-electron chi connectivity index (χ2n) is 7.49. The largest absolute Gasteiger partial charge is 0.372 e. The second kappa shape index (κ2) is 8.23. The van der Waals surface area contributed by atoms with Gasteiger partial charge in [-0.3, -0.25) is 4.79 Å². The van der Waals surface area contributed by atoms with Gasteiger partial charge in [0.1, 0.15) is 32.7 Å². The maximum Gasteiger partial charge on any atom is 0.198 e. The number of anilines is 1. The molecule has 0 bridgehead atoms. The fourth-order valence-electron chi connectivity index (χ4n) is 4.18. The molecule has 1 aromatic carbocycles. The fraction of sp³-hybridized carbons (Fsp3) is 0.571. The number of fused-ring (bicyclic) bond motifs is 1. The van der Waals surface area contributed by atoms with Crippen molar-refractivity contribution in [3.05, 3.63) is 39.7 Å². The summed E-state index contributed by atoms with van der Waals surface area (Å²) < 4.78 is 0. The lowest BCUT2D eigenvalue weighted by Crippen LogP contribution is -3.27. The number of piperazine rings is 1. The van der Waals surface area contributed by atoms with Gasteiger partial charge in [-0.1, -0.05) is 0 Å². The Morgan fingerprint density at radius 1 is 1.04 bits per heavy atom. The van der Waals surface area contributed by atoms with Crippen LogP contribution >= 0.6 is 0 Å². The van der Waals surface area contributed by atoms with Gasteiger partial charge in [-0.2, -0.15) is 0 Å². The van der Waals surface area contributed by atoms with Crippen molar-refractivity contribution in [2.45, 2.75) is 34.2 Å². The highest BCUT2D eigenvalue weighted by molar-refractivity contribution is 5.83. The van der Waals surface area contributed by atoms with E-state index in [1.54, 1.807) is 4.90 Å². The Bertz CT molecular complexity index is 801. The summed E-state index contributed by atoms with van der Waals surface area (Å²) in [6, 6.07) is 6.23. The highest BCUT2D eigenvalue weighted by Crippen LogP contribution is 2.20. The van der Waals surface area contributed by atoms with Crippen LogP contribution in [0.25, 0.3) is 10.9 Å². The lowest BCUT2D eigenvalue weighted by Gasteiger charge is -2.29. The monoisotopic (exact) mass is 358 g/mol. The third-order valence-corrected chi connectivity index (χ3v) is 6.02. The quantitative estimate of drug-likeness (QED) is 0.680. The number of nitrogens with one attached hydrogen (secondary N) is 3. The first-order chi connectivity index (χ1) is 12.6. The van der Waals surface area contributed by atoms with Gasteiger partial charge >= 0.3 is 0 Å². The number of nitrogens with zero attached hydrogens (tertiary/aromatic N) is 1. The van der Waals surface area contributed by atoms with E-state index in [-0.39, 0.29) is 5.43 Å². The molecule has 5 heteroatoms. The lowest BCUT2D eigenvalue weighted by atomic mass is 10.1. The predicted molar refractivity (Wildman–Crippen MR) is 109 cm³/mol. The van der Waals surface area contributed by atoms with Gasteiger partial charge in [0.05, 0.1) is 12.1 Å². The lowest BCUT2D eigenvalue weighted by molar-refractivity contribution is -1.02. The number of quaternary nitrogens is 2. The molecule has 0 unspecified atom stereocenters. The van der Waals surface area contributed by atoms with Crippen LogP contribution in [0.1, 0.15) is 32.0 Å². The number of hydrogen-bond donors (Lipinski definition) is 3. The van der Waals surface area contributed by atoms with E-state index in [4.69, 9.17) is 0 Å². The molecule has 0 radical (unpaired) electrons. The summed E-state index contributed by atoms with van der Waals surface area (Å²) >= 11 is 0. The molecule has 0 spiro atoms. The average molecular weight is 359 g/mol. The standard InChI is InChI=1S/C21H32N4O/c1-5-23-10-12-24(13-11-23)15-19-16(4)22-20-9-8-17(25(6-2)7-3)14-18(20)21(19)26/h8-9,14H,5-7,10-13,15H2,1-4H3,(H,22,26)/p+2. The summed E-state index contributed by atoms with van der Waals surface area (Å²) in [5.41, 5.74) is 4.28. The zero-order valence-electron chi connectivity index (χ0n) is 16.7. The van der Waals surface area contributed by atoms with E-state index in [0.29, 0.717) is 0 Å². The molecule has 1 aromatic heterocycles. The van der Waals surface area contributed by atoms with Crippen LogP contribution in [0, 0.1) is 6.92 Å². The summed E-state index contributed by atoms with van der Waals surface area (Å²) in [5, 5.41) is 0.826. The number of likely N-dealkylation sites (N-methyl/N-ethyl adjacent to an activating group) is 1. The van der Waals surface area contributed by atoms with Crippen LogP contribution in [0.5, 0.6) is 0 Å². The Balaban J connectivity index is 1.91. The number of H-pyrrole nitrogens is 1. The molecule has 0 atom stereocenters. The number of aromatic amines is 1. The zero-order valence-corrected chi connectivity index (χ0v) is 16.7. The van der Waals surface area contributed by atoms with Gasteiger partial charge in [0.25, 0.3) is 0 Å². The van der Waals surface area contributed by atoms with Crippen LogP contribution in [0.15, 0.2) is 23.0 Å². The Kier molecular flexibility index (Phi) is 5.99. The maximum absolute atomic E-state index is 13.2. The second-order valence-corrected chi connectivity index (χ2v) is 7.49. The Morgan fingerprint density at radius 3 is 2.31 bits per heavy atom. The van der Waals surface area contributed by atoms with Crippen LogP contribution in [-0.2, 0) is 6.54 Å². The van der Waals surface area contributed by atoms with Crippen molar-refractivity contribution >= 4 is 16.6 Å². The number of rotatable bonds is 6. The van der Waals surface area contributed by atoms with Crippen molar-refractivity contribution in [1.29, 1.82) is 0 Å². The Hall–Kier alpha value is -1.85. The molecule has 1 aliphatic rings. The van der Waals surface area contributed by atoms with Crippen molar-refractivity contribution in [2.75, 3.05) is 50.7 Å². The van der Waals surface area contributed by atoms with E-state index >= 15 is 0 Å². The minimum atomic E-state index is 0.211. The van der Waals surface area contributed by atoms with Crippen molar-refractivity contribution in [2.24, 2.45) is 0 Å². The molecule has 1 fully saturated rings. The topological polar surface area (TPSA) is 45.0 Å². The molecule has 0 amide bonds. The molecule has 0 saturated carbocycles. The highest BCUT2D eigenvalue weighted by atomic mass is 16.1. The van der Waals surface area contributed by atoms with Crippen molar-refractivity contribution in [1.82, 2.24) is 4.98 Å². The van der Waals surface area contributed by atoms with Gasteiger partial charge in [0.15, 0.2) is 5.43 Å². The number of hydrogen-bond acceptors (Lipinski definition) is 2. The van der Waals surface area contributed by atoms with E-state index < -0.39 is 0 Å². The van der Waals surface area contributed by atoms with Crippen LogP contribution in [0.4, 0.5) is 5.69 Å². The summed E-state index contributed by atoms with van der Waals surface area (Å²) in [5.74, 6) is 0. The van der Waals surface area contributed by atoms with Crippen molar-refractivity contribution < 1.29 is 9.80 Å². The van der Waals surface area contributed by atoms with Gasteiger partial charge in [-0.25, -0.2) is 0 Å². The summed E-state index contributed by atoms with van der Waals surface area (Å²) in [6.45, 7) is 17.3. The summed E-state index contributed by atoms with van der Waals surface area (Å²) in [7, 11) is 0. The predicted octanol–water partition coefficient (Wildman–Crippen LogP) is -0.0140. The Labute approximate surface area is 156 Å². The minimum absolute atomic E-state index is 0.211. The molecular weight excluding hydrogens is 324 g/mol. The molecule has 0 aliphatic carbocycles. The number of aromatic nitrogens is 1. The van der Waals surface area contributed by atoms with Crippen LogP contribution < -0.4 is 20.1 Å². The first-order valence-electron chi connectivity index (χ1n) is 10.1. The van der Waals surface area contributed by atoms with E-state index in [1.807, 2.05) is 6.92 Å². The van der Waals surface area contributed by atoms with Crippen LogP contribution in [0.2, 0.25) is 0 Å². The van der Waals surface area contributed by atoms with E-state index in [9.17, 15) is 4.79 Å². The van der Waals surface area contributed by atoms with Gasteiger partial charge in [0.2, 0.25) is 0 Å². The molecule has 2 heterocycles. The SMILES string of the molecule is CCN(CC)c1ccc2[nH]c(C)c(C[NH+]3CC[NH+](CC)CC3)c(=O)c2c1. The molecule has 5 nitrogen and oxygen atoms in total. The number of aryl methyl sites for hydroxylation is 1. The Morgan fingerprint density at radius 2 is 1.69 bits per heavy atom. The number of pyridine rings is 1. The zero-order chi connectivity index (χ0) is 18.7. The molecule has 26 heavy (non-hydrogen) atoms. The summed E-state index contributed by atoms with van der Waals surface area (Å²) in [4.78, 5) is 22.2. The van der Waals surface area contributed by atoms with Crippen LogP contribution in [0.3, 0.4) is 0 Å². The first-order valence-corrected chi connectivity index (χ1v) is 10.1. The highest BCUT2D eigenvalue weighted by Gasteiger charge is 2.24. The normalized spacial score (nSPS) is 20.5. The molecule has 1 saturated heterocycles. The first kappa shape index (κ1) is 18.9. The molecular formula is C21H34N4O+2. The summed E-state index contributed by atoms with van der Waals surface area (Å²) in [6.07, 6.45) is 0. The van der Waals surface area contributed by atoms with Gasteiger partial charge in [0, 0.05) is 35.4 Å². The van der Waals surface area contributed by atoms with Crippen molar-refractivity contribution in [3.8, 4) is 0 Å². The fourth-order valence-corrected chi connectivity index (χ4v) is 4.18. The molecule has 3 rings (SSSR count). The van der Waals surface area contributed by atoms with Gasteiger partial charge in [-0.05, 0) is 45.9 Å². The minimum Gasteiger partial charge on any atom is -0.372 e. The van der Waals surface area contributed by atoms with Gasteiger partial charge in [-0.15, -0.1) is 0 Å². The van der Waals surface area contributed by atoms with Crippen LogP contribution in [-0.4, -0.2) is 50.8 Å². The smallest absolute Gasteiger partial charge is 0.198 e. The average Bonchev–Trinajstić information content (AvgIpc) is 2.67. The third-order valence-electron chi connectivity index (χ3n) is 6.02. The van der Waals surface area contributed by atoms with E-state index in [2.05, 4.69) is 48.9 Å². The maximum atomic E-state index is 13.2. The van der Waals surface area contributed by atoms with E-state index in [1.165, 1.54) is 24.5 Å². The molecule has 142 valence electrons. The molecule has 3 N–H and O–H groups in total.